The van der Waals surface area contributed by atoms with Gasteiger partial charge in [0, 0.05) is 19.6 Å². The molecule has 1 atom stereocenters. The minimum Gasteiger partial charge on any atom is -0.378 e. The highest BCUT2D eigenvalue weighted by atomic mass is 16.5. The van der Waals surface area contributed by atoms with Crippen LogP contribution >= 0.6 is 0 Å². The lowest BCUT2D eigenvalue weighted by molar-refractivity contribution is -0.124. The monoisotopic (exact) mass is 268 g/mol. The molecule has 0 spiro atoms. The van der Waals surface area contributed by atoms with Gasteiger partial charge in [-0.3, -0.25) is 9.78 Å². The molecule has 1 aromatic rings. The lowest BCUT2D eigenvalue weighted by Crippen LogP contribution is -2.31. The largest absolute Gasteiger partial charge is 0.378 e. The number of carbonyl (C=O) groups is 1. The number of aryl methyl sites for hydroxylation is 1. The summed E-state index contributed by atoms with van der Waals surface area (Å²) >= 11 is 0. The van der Waals surface area contributed by atoms with E-state index in [2.05, 4.69) is 20.5 Å². The molecule has 3 N–H and O–H groups in total. The zero-order valence-electron chi connectivity index (χ0n) is 10.9. The minimum atomic E-state index is -0.298. The predicted molar refractivity (Wildman–Crippen MR) is 68.7 cm³/mol. The first-order valence-corrected chi connectivity index (χ1v) is 6.76. The molecular formula is C12H20N4O3. The number of ether oxygens (including phenoxy) is 1. The van der Waals surface area contributed by atoms with Gasteiger partial charge in [0.1, 0.15) is 5.82 Å². The third kappa shape index (κ3) is 4.86. The van der Waals surface area contributed by atoms with Crippen molar-refractivity contribution in [2.24, 2.45) is 0 Å². The van der Waals surface area contributed by atoms with Gasteiger partial charge in [-0.25, -0.2) is 9.89 Å². The van der Waals surface area contributed by atoms with E-state index in [9.17, 15) is 9.59 Å². The Morgan fingerprint density at radius 2 is 2.37 bits per heavy atom. The van der Waals surface area contributed by atoms with Crippen molar-refractivity contribution in [3.05, 3.63) is 16.3 Å². The Morgan fingerprint density at radius 3 is 3.05 bits per heavy atom. The fourth-order valence-corrected chi connectivity index (χ4v) is 2.15. The van der Waals surface area contributed by atoms with Crippen LogP contribution in [0.2, 0.25) is 0 Å². The lowest BCUT2D eigenvalue weighted by Gasteiger charge is -2.21. The predicted octanol–water partition coefficient (Wildman–Crippen LogP) is 0.106. The second-order valence-corrected chi connectivity index (χ2v) is 4.77. The van der Waals surface area contributed by atoms with Crippen molar-refractivity contribution in [1.29, 1.82) is 0 Å². The van der Waals surface area contributed by atoms with Gasteiger partial charge in [-0.05, 0) is 25.7 Å². The van der Waals surface area contributed by atoms with E-state index in [0.717, 1.165) is 32.3 Å². The normalized spacial score (nSPS) is 19.3. The zero-order valence-corrected chi connectivity index (χ0v) is 10.9. The van der Waals surface area contributed by atoms with Gasteiger partial charge in [0.05, 0.1) is 12.5 Å². The number of hydrogen-bond donors (Lipinski definition) is 3. The van der Waals surface area contributed by atoms with E-state index >= 15 is 0 Å². The van der Waals surface area contributed by atoms with E-state index in [0.29, 0.717) is 25.2 Å². The first kappa shape index (κ1) is 13.8. The van der Waals surface area contributed by atoms with Gasteiger partial charge in [-0.1, -0.05) is 0 Å². The number of amides is 1. The van der Waals surface area contributed by atoms with Crippen LogP contribution in [-0.2, 0) is 16.0 Å². The van der Waals surface area contributed by atoms with Crippen molar-refractivity contribution < 1.29 is 9.53 Å². The van der Waals surface area contributed by atoms with Gasteiger partial charge >= 0.3 is 5.69 Å². The highest BCUT2D eigenvalue weighted by Gasteiger charge is 2.17. The van der Waals surface area contributed by atoms with Crippen LogP contribution in [0.1, 0.15) is 37.9 Å². The van der Waals surface area contributed by atoms with Crippen molar-refractivity contribution in [3.63, 3.8) is 0 Å². The summed E-state index contributed by atoms with van der Waals surface area (Å²) in [6.07, 6.45) is 5.12. The Labute approximate surface area is 111 Å². The second kappa shape index (κ2) is 7.08. The van der Waals surface area contributed by atoms with Gasteiger partial charge in [0.25, 0.3) is 0 Å². The molecule has 1 aliphatic heterocycles. The third-order valence-corrected chi connectivity index (χ3v) is 3.15. The number of aromatic nitrogens is 3. The third-order valence-electron chi connectivity index (χ3n) is 3.15. The summed E-state index contributed by atoms with van der Waals surface area (Å²) in [6.45, 7) is 1.35. The number of nitrogens with zero attached hydrogens (tertiary/aromatic N) is 1. The molecule has 1 amide bonds. The summed E-state index contributed by atoms with van der Waals surface area (Å²) in [5, 5.41) is 8.97. The summed E-state index contributed by atoms with van der Waals surface area (Å²) in [6, 6.07) is 0. The maximum absolute atomic E-state index is 11.7. The highest BCUT2D eigenvalue weighted by molar-refractivity contribution is 5.76. The van der Waals surface area contributed by atoms with Crippen LogP contribution in [0.4, 0.5) is 0 Å². The Bertz CT molecular complexity index is 448. The van der Waals surface area contributed by atoms with E-state index in [1.165, 1.54) is 0 Å². The maximum atomic E-state index is 11.7. The minimum absolute atomic E-state index is 0.0300. The summed E-state index contributed by atoms with van der Waals surface area (Å²) in [7, 11) is 0. The standard InChI is InChI=1S/C12H20N4O3/c17-11(8-9-4-1-2-7-19-9)13-6-3-5-10-14-12(18)16-15-10/h9H,1-8H2,(H,13,17)(H2,14,15,16,18). The van der Waals surface area contributed by atoms with Crippen LogP contribution in [0.5, 0.6) is 0 Å². The lowest BCUT2D eigenvalue weighted by atomic mass is 10.1. The van der Waals surface area contributed by atoms with Gasteiger partial charge in [-0.15, -0.1) is 0 Å². The van der Waals surface area contributed by atoms with Gasteiger partial charge in [0.15, 0.2) is 0 Å². The molecule has 2 rings (SSSR count). The number of nitrogens with one attached hydrogen (secondary N) is 3. The van der Waals surface area contributed by atoms with Crippen LogP contribution < -0.4 is 11.0 Å². The fourth-order valence-electron chi connectivity index (χ4n) is 2.15. The van der Waals surface area contributed by atoms with Crippen molar-refractivity contribution >= 4 is 5.91 Å². The van der Waals surface area contributed by atoms with E-state index in [1.807, 2.05) is 0 Å². The zero-order chi connectivity index (χ0) is 13.5. The Morgan fingerprint density at radius 1 is 1.47 bits per heavy atom. The van der Waals surface area contributed by atoms with E-state index in [-0.39, 0.29) is 17.7 Å². The molecule has 1 fully saturated rings. The SMILES string of the molecule is O=C(CC1CCCCO1)NCCCc1n[nH]c(=O)[nH]1. The first-order valence-electron chi connectivity index (χ1n) is 6.76. The molecule has 0 bridgehead atoms. The molecule has 0 saturated carbocycles. The number of aromatic amines is 2. The summed E-state index contributed by atoms with van der Waals surface area (Å²) in [5.41, 5.74) is -0.298. The number of rotatable bonds is 6. The second-order valence-electron chi connectivity index (χ2n) is 4.77. The van der Waals surface area contributed by atoms with Gasteiger partial charge in [-0.2, -0.15) is 5.10 Å². The van der Waals surface area contributed by atoms with Crippen molar-refractivity contribution in [2.75, 3.05) is 13.2 Å². The number of hydrogen-bond acceptors (Lipinski definition) is 4. The Balaban J connectivity index is 1.57. The molecular weight excluding hydrogens is 248 g/mol. The van der Waals surface area contributed by atoms with E-state index in [4.69, 9.17) is 4.74 Å². The molecule has 0 radical (unpaired) electrons. The van der Waals surface area contributed by atoms with Gasteiger partial charge < -0.3 is 10.1 Å². The molecule has 1 saturated heterocycles. The van der Waals surface area contributed by atoms with Crippen molar-refractivity contribution in [1.82, 2.24) is 20.5 Å². The van der Waals surface area contributed by atoms with Crippen LogP contribution in [-0.4, -0.2) is 40.3 Å². The topological polar surface area (TPSA) is 99.9 Å². The molecule has 19 heavy (non-hydrogen) atoms. The van der Waals surface area contributed by atoms with E-state index in [1.54, 1.807) is 0 Å². The molecule has 2 heterocycles. The molecule has 1 aliphatic rings. The van der Waals surface area contributed by atoms with Crippen molar-refractivity contribution in [3.8, 4) is 0 Å². The number of carbonyl (C=O) groups excluding carboxylic acids is 1. The molecule has 0 aliphatic carbocycles. The molecule has 0 aromatic carbocycles. The fraction of sp³-hybridized carbons (Fsp3) is 0.750. The van der Waals surface area contributed by atoms with Gasteiger partial charge in [0.2, 0.25) is 5.91 Å². The maximum Gasteiger partial charge on any atom is 0.340 e. The summed E-state index contributed by atoms with van der Waals surface area (Å²) in [5.74, 6) is 0.650. The van der Waals surface area contributed by atoms with Crippen LogP contribution in [0, 0.1) is 0 Å². The van der Waals surface area contributed by atoms with E-state index < -0.39 is 0 Å². The number of H-pyrrole nitrogens is 2. The smallest absolute Gasteiger partial charge is 0.340 e. The molecule has 106 valence electrons. The van der Waals surface area contributed by atoms with Crippen LogP contribution in [0.25, 0.3) is 0 Å². The first-order chi connectivity index (χ1) is 9.24. The average Bonchev–Trinajstić information content (AvgIpc) is 2.82. The Kier molecular flexibility index (Phi) is 5.14. The molecule has 1 unspecified atom stereocenters. The van der Waals surface area contributed by atoms with Crippen LogP contribution in [0.3, 0.4) is 0 Å². The molecule has 7 nitrogen and oxygen atoms in total. The van der Waals surface area contributed by atoms with Crippen LogP contribution in [0.15, 0.2) is 4.79 Å². The molecule has 7 heteroatoms. The summed E-state index contributed by atoms with van der Waals surface area (Å²) < 4.78 is 5.51. The Hall–Kier alpha value is -1.63. The average molecular weight is 268 g/mol. The quantitative estimate of drug-likeness (QED) is 0.637. The van der Waals surface area contributed by atoms with Crippen molar-refractivity contribution in [2.45, 2.75) is 44.6 Å². The highest BCUT2D eigenvalue weighted by Crippen LogP contribution is 2.15. The summed E-state index contributed by atoms with van der Waals surface area (Å²) in [4.78, 5) is 25.0. The molecule has 1 aromatic heterocycles.